The maximum absolute atomic E-state index is 12.9. The lowest BCUT2D eigenvalue weighted by atomic mass is 9.97. The van der Waals surface area contributed by atoms with Crippen molar-refractivity contribution >= 4 is 35.1 Å². The van der Waals surface area contributed by atoms with Gasteiger partial charge in [-0.25, -0.2) is 9.97 Å². The van der Waals surface area contributed by atoms with Gasteiger partial charge in [-0.1, -0.05) is 24.3 Å². The van der Waals surface area contributed by atoms with Crippen molar-refractivity contribution in [2.75, 3.05) is 39.3 Å². The van der Waals surface area contributed by atoms with E-state index < -0.39 is 7.14 Å². The molecule has 2 aliphatic heterocycles. The molecule has 1 unspecified atom stereocenters. The van der Waals surface area contributed by atoms with Crippen molar-refractivity contribution in [2.45, 2.75) is 31.8 Å². The molecule has 2 aliphatic rings. The minimum Gasteiger partial charge on any atom is -0.495 e. The van der Waals surface area contributed by atoms with Crippen LogP contribution in [-0.4, -0.2) is 53.5 Å². The normalized spacial score (nSPS) is 17.7. The largest absolute Gasteiger partial charge is 0.495 e. The number of aromatic nitrogens is 3. The van der Waals surface area contributed by atoms with Crippen LogP contribution in [0.2, 0.25) is 0 Å². The molecule has 4 heterocycles. The van der Waals surface area contributed by atoms with Crippen molar-refractivity contribution in [3.8, 4) is 5.75 Å². The van der Waals surface area contributed by atoms with E-state index in [1.54, 1.807) is 7.11 Å². The highest BCUT2D eigenvalue weighted by molar-refractivity contribution is 7.70. The Kier molecular flexibility index (Phi) is 5.66. The van der Waals surface area contributed by atoms with E-state index in [0.717, 1.165) is 60.3 Å². The van der Waals surface area contributed by atoms with Crippen molar-refractivity contribution in [1.29, 1.82) is 0 Å². The van der Waals surface area contributed by atoms with E-state index >= 15 is 0 Å². The van der Waals surface area contributed by atoms with Crippen LogP contribution in [0.3, 0.4) is 0 Å². The van der Waals surface area contributed by atoms with E-state index in [1.807, 2.05) is 37.7 Å². The number of nitrogens with zero attached hydrogens (tertiary/aromatic N) is 4. The van der Waals surface area contributed by atoms with E-state index in [-0.39, 0.29) is 0 Å². The fourth-order valence-electron chi connectivity index (χ4n) is 5.72. The van der Waals surface area contributed by atoms with Crippen molar-refractivity contribution in [3.63, 3.8) is 0 Å². The number of benzene rings is 2. The fourth-order valence-corrected chi connectivity index (χ4v) is 7.05. The van der Waals surface area contributed by atoms with Crippen molar-refractivity contribution in [1.82, 2.24) is 19.4 Å². The molecular formula is C28H32N5O2P. The maximum Gasteiger partial charge on any atom is 0.227 e. The molecule has 2 aromatic carbocycles. The summed E-state index contributed by atoms with van der Waals surface area (Å²) in [5.74, 6) is 1.69. The quantitative estimate of drug-likeness (QED) is 0.398. The third kappa shape index (κ3) is 4.10. The molecule has 0 saturated heterocycles. The predicted octanol–water partition coefficient (Wildman–Crippen LogP) is 4.76. The van der Waals surface area contributed by atoms with Crippen molar-refractivity contribution in [3.05, 3.63) is 71.0 Å². The number of likely N-dealkylation sites (N-methyl/N-ethyl adjacent to an activating group) is 1. The molecule has 4 aromatic rings. The number of methoxy groups -OCH3 is 1. The van der Waals surface area contributed by atoms with E-state index in [2.05, 4.69) is 51.1 Å². The summed E-state index contributed by atoms with van der Waals surface area (Å²) in [6.45, 7) is 6.54. The summed E-state index contributed by atoms with van der Waals surface area (Å²) >= 11 is 0. The molecule has 0 bridgehead atoms. The SMILES string of the molecule is COc1cc2c(cc1Nc1ncc3c(cc4n3CC(c3ccccc3P(C)(C)=O)C4)n1)CN(C)CC2. The first-order valence-electron chi connectivity index (χ1n) is 12.4. The number of hydrogen-bond acceptors (Lipinski definition) is 6. The van der Waals surface area contributed by atoms with Gasteiger partial charge < -0.3 is 24.1 Å². The van der Waals surface area contributed by atoms with Crippen LogP contribution in [0.15, 0.2) is 48.7 Å². The van der Waals surface area contributed by atoms with Crippen LogP contribution < -0.4 is 15.4 Å². The highest BCUT2D eigenvalue weighted by atomic mass is 31.2. The molecule has 0 radical (unpaired) electrons. The molecule has 36 heavy (non-hydrogen) atoms. The average molecular weight is 502 g/mol. The molecule has 0 amide bonds. The van der Waals surface area contributed by atoms with E-state index in [9.17, 15) is 4.57 Å². The van der Waals surface area contributed by atoms with Gasteiger partial charge in [-0.15, -0.1) is 0 Å². The first kappa shape index (κ1) is 23.3. The van der Waals surface area contributed by atoms with Crippen LogP contribution >= 0.6 is 7.14 Å². The fraction of sp³-hybridized carbons (Fsp3) is 0.357. The Morgan fingerprint density at radius 3 is 2.78 bits per heavy atom. The zero-order chi connectivity index (χ0) is 25.0. The van der Waals surface area contributed by atoms with Gasteiger partial charge in [0.1, 0.15) is 12.9 Å². The Labute approximate surface area is 211 Å². The molecule has 1 N–H and O–H groups in total. The van der Waals surface area contributed by atoms with Crippen LogP contribution in [0.5, 0.6) is 5.75 Å². The molecule has 186 valence electrons. The number of fused-ring (bicyclic) bond motifs is 4. The number of ether oxygens (including phenoxy) is 1. The highest BCUT2D eigenvalue weighted by Crippen LogP contribution is 2.41. The molecule has 0 saturated carbocycles. The smallest absolute Gasteiger partial charge is 0.227 e. The summed E-state index contributed by atoms with van der Waals surface area (Å²) in [5.41, 5.74) is 7.95. The molecule has 2 aromatic heterocycles. The Morgan fingerprint density at radius 2 is 1.97 bits per heavy atom. The third-order valence-electron chi connectivity index (χ3n) is 7.53. The predicted molar refractivity (Wildman–Crippen MR) is 146 cm³/mol. The monoisotopic (exact) mass is 501 g/mol. The molecule has 0 aliphatic carbocycles. The summed E-state index contributed by atoms with van der Waals surface area (Å²) in [6.07, 6.45) is 3.84. The lowest BCUT2D eigenvalue weighted by Gasteiger charge is -2.26. The molecule has 8 heteroatoms. The summed E-state index contributed by atoms with van der Waals surface area (Å²) in [5, 5.41) is 4.40. The second kappa shape index (κ2) is 8.75. The number of anilines is 2. The minimum atomic E-state index is -2.35. The van der Waals surface area contributed by atoms with Gasteiger partial charge in [0.05, 0.1) is 30.0 Å². The van der Waals surface area contributed by atoms with Crippen LogP contribution in [0, 0.1) is 0 Å². The summed E-state index contributed by atoms with van der Waals surface area (Å²) < 4.78 is 20.9. The molecule has 7 nitrogen and oxygen atoms in total. The van der Waals surface area contributed by atoms with Gasteiger partial charge in [0.15, 0.2) is 0 Å². The number of nitrogens with one attached hydrogen (secondary N) is 1. The Bertz CT molecular complexity index is 1520. The zero-order valence-corrected chi connectivity index (χ0v) is 22.2. The first-order valence-corrected chi connectivity index (χ1v) is 15.1. The van der Waals surface area contributed by atoms with Crippen LogP contribution in [0.1, 0.15) is 28.3 Å². The zero-order valence-electron chi connectivity index (χ0n) is 21.3. The number of rotatable bonds is 5. The standard InChI is InChI=1S/C28H32N5O2P/c1-32-10-9-18-13-26(35-2)24(12-19(18)16-32)31-28-29-15-25-23(30-28)14-21-11-20(17-33(21)25)22-7-5-6-8-27(22)36(3,4)34/h5-8,12-15,20H,9-11,16-17H2,1-4H3,(H,29,30,31). The second-order valence-electron chi connectivity index (χ2n) is 10.5. The minimum absolute atomic E-state index is 0.310. The van der Waals surface area contributed by atoms with Crippen LogP contribution in [0.4, 0.5) is 11.6 Å². The van der Waals surface area contributed by atoms with Gasteiger partial charge >= 0.3 is 0 Å². The van der Waals surface area contributed by atoms with Gasteiger partial charge in [-0.2, -0.15) is 0 Å². The van der Waals surface area contributed by atoms with Crippen LogP contribution in [-0.2, 0) is 30.5 Å². The third-order valence-corrected chi connectivity index (χ3v) is 9.09. The summed E-state index contributed by atoms with van der Waals surface area (Å²) in [6, 6.07) is 14.7. The van der Waals surface area contributed by atoms with Crippen molar-refractivity contribution in [2.24, 2.45) is 0 Å². The second-order valence-corrected chi connectivity index (χ2v) is 13.6. The topological polar surface area (TPSA) is 72.3 Å². The lowest BCUT2D eigenvalue weighted by molar-refractivity contribution is 0.312. The summed E-state index contributed by atoms with van der Waals surface area (Å²) in [4.78, 5) is 11.8. The lowest BCUT2D eigenvalue weighted by Crippen LogP contribution is -2.26. The highest BCUT2D eigenvalue weighted by Gasteiger charge is 2.29. The Balaban J connectivity index is 1.28. The van der Waals surface area contributed by atoms with Gasteiger partial charge in [0, 0.05) is 36.6 Å². The molecule has 0 spiro atoms. The Morgan fingerprint density at radius 1 is 1.14 bits per heavy atom. The van der Waals surface area contributed by atoms with Gasteiger partial charge in [-0.05, 0) is 68.1 Å². The van der Waals surface area contributed by atoms with E-state index in [1.165, 1.54) is 22.4 Å². The molecule has 6 rings (SSSR count). The maximum atomic E-state index is 12.9. The van der Waals surface area contributed by atoms with E-state index in [0.29, 0.717) is 11.9 Å². The molecular weight excluding hydrogens is 469 g/mol. The number of hydrogen-bond donors (Lipinski definition) is 1. The van der Waals surface area contributed by atoms with Gasteiger partial charge in [-0.3, -0.25) is 0 Å². The van der Waals surface area contributed by atoms with Gasteiger partial charge in [0.2, 0.25) is 5.95 Å². The summed E-state index contributed by atoms with van der Waals surface area (Å²) in [7, 11) is 1.51. The van der Waals surface area contributed by atoms with Gasteiger partial charge in [0.25, 0.3) is 0 Å². The first-order chi connectivity index (χ1) is 17.3. The van der Waals surface area contributed by atoms with E-state index in [4.69, 9.17) is 9.72 Å². The van der Waals surface area contributed by atoms with Crippen LogP contribution in [0.25, 0.3) is 11.0 Å². The molecule has 1 atom stereocenters. The molecule has 0 fully saturated rings. The Hall–Kier alpha value is -3.15. The van der Waals surface area contributed by atoms with Crippen molar-refractivity contribution < 1.29 is 9.30 Å². The average Bonchev–Trinajstić information content (AvgIpc) is 3.41.